The molecule has 4 heteroatoms. The van der Waals surface area contributed by atoms with Gasteiger partial charge in [-0.25, -0.2) is 0 Å². The molecule has 0 fully saturated rings. The summed E-state index contributed by atoms with van der Waals surface area (Å²) in [6.07, 6.45) is 1.51. The van der Waals surface area contributed by atoms with Gasteiger partial charge in [-0.1, -0.05) is 49.4 Å². The topological polar surface area (TPSA) is 49.5 Å². The molecule has 0 aromatic heterocycles. The number of benzene rings is 2. The van der Waals surface area contributed by atoms with Crippen LogP contribution in [0.1, 0.15) is 24.5 Å². The number of nitrogens with zero attached hydrogens (tertiary/aromatic N) is 1. The molecule has 3 nitrogen and oxygen atoms in total. The third-order valence-electron chi connectivity index (χ3n) is 4.54. The summed E-state index contributed by atoms with van der Waals surface area (Å²) in [6.45, 7) is 2.87. The van der Waals surface area contributed by atoms with Crippen molar-refractivity contribution < 1.29 is 5.11 Å². The molecule has 0 aliphatic rings. The van der Waals surface area contributed by atoms with Gasteiger partial charge in [0.05, 0.1) is 5.60 Å². The largest absolute Gasteiger partial charge is 0.399 e. The Morgan fingerprint density at radius 1 is 1.04 bits per heavy atom. The van der Waals surface area contributed by atoms with Gasteiger partial charge in [0.1, 0.15) is 0 Å². The number of aliphatic hydroxyl groups is 1. The Morgan fingerprint density at radius 2 is 1.62 bits per heavy atom. The maximum absolute atomic E-state index is 11.5. The number of hydrogen-bond acceptors (Lipinski definition) is 3. The number of rotatable bonds is 7. The number of nitrogens with two attached hydrogens (primary N) is 1. The summed E-state index contributed by atoms with van der Waals surface area (Å²) >= 11 is 0. The molecule has 2 unspecified atom stereocenters. The van der Waals surface area contributed by atoms with Crippen LogP contribution in [0.5, 0.6) is 0 Å². The van der Waals surface area contributed by atoms with Crippen molar-refractivity contribution in [3.05, 3.63) is 65.7 Å². The van der Waals surface area contributed by atoms with Crippen LogP contribution in [0.2, 0.25) is 0 Å². The van der Waals surface area contributed by atoms with Gasteiger partial charge in [0.25, 0.3) is 0 Å². The molecule has 0 radical (unpaired) electrons. The van der Waals surface area contributed by atoms with E-state index in [1.54, 1.807) is 0 Å². The highest BCUT2D eigenvalue weighted by molar-refractivity contribution is 5.85. The molecule has 2 atom stereocenters. The summed E-state index contributed by atoms with van der Waals surface area (Å²) in [5, 5.41) is 11.5. The lowest BCUT2D eigenvalue weighted by molar-refractivity contribution is -0.0366. The first-order valence-electron chi connectivity index (χ1n) is 8.22. The van der Waals surface area contributed by atoms with Crippen LogP contribution >= 0.6 is 12.4 Å². The number of hydrogen-bond donors (Lipinski definition) is 2. The molecule has 2 aromatic rings. The van der Waals surface area contributed by atoms with E-state index in [-0.39, 0.29) is 18.3 Å². The van der Waals surface area contributed by atoms with Crippen molar-refractivity contribution in [2.45, 2.75) is 25.4 Å². The lowest BCUT2D eigenvalue weighted by atomic mass is 9.76. The van der Waals surface area contributed by atoms with Crippen molar-refractivity contribution in [3.8, 4) is 0 Å². The second-order valence-corrected chi connectivity index (χ2v) is 6.55. The van der Waals surface area contributed by atoms with E-state index in [0.29, 0.717) is 6.42 Å². The third-order valence-corrected chi connectivity index (χ3v) is 4.54. The van der Waals surface area contributed by atoms with Gasteiger partial charge in [-0.2, -0.15) is 0 Å². The number of anilines is 1. The van der Waals surface area contributed by atoms with Crippen LogP contribution in [0.25, 0.3) is 0 Å². The van der Waals surface area contributed by atoms with Crippen molar-refractivity contribution in [2.75, 3.05) is 26.4 Å². The maximum atomic E-state index is 11.5. The van der Waals surface area contributed by atoms with Crippen molar-refractivity contribution in [1.29, 1.82) is 0 Å². The average molecular weight is 349 g/mol. The fraction of sp³-hybridized carbons (Fsp3) is 0.400. The van der Waals surface area contributed by atoms with Crippen molar-refractivity contribution in [1.82, 2.24) is 4.90 Å². The van der Waals surface area contributed by atoms with Gasteiger partial charge >= 0.3 is 0 Å². The third kappa shape index (κ3) is 4.97. The summed E-state index contributed by atoms with van der Waals surface area (Å²) < 4.78 is 0. The predicted molar refractivity (Wildman–Crippen MR) is 104 cm³/mol. The molecule has 3 N–H and O–H groups in total. The molecule has 0 spiro atoms. The molecule has 2 aromatic carbocycles. The average Bonchev–Trinajstić information content (AvgIpc) is 2.55. The Labute approximate surface area is 151 Å². The fourth-order valence-corrected chi connectivity index (χ4v) is 3.22. The molecule has 0 saturated carbocycles. The first kappa shape index (κ1) is 20.5. The number of halogens is 1. The van der Waals surface area contributed by atoms with Gasteiger partial charge in [0.2, 0.25) is 0 Å². The van der Waals surface area contributed by atoms with Gasteiger partial charge in [0, 0.05) is 18.2 Å². The molecular formula is C20H29ClN2O. The van der Waals surface area contributed by atoms with E-state index in [1.807, 2.05) is 37.3 Å². The maximum Gasteiger partial charge on any atom is 0.0937 e. The van der Waals surface area contributed by atoms with Gasteiger partial charge in [0.15, 0.2) is 0 Å². The highest BCUT2D eigenvalue weighted by Gasteiger charge is 2.37. The van der Waals surface area contributed by atoms with E-state index in [9.17, 15) is 5.11 Å². The molecular weight excluding hydrogens is 320 g/mol. The fourth-order valence-electron chi connectivity index (χ4n) is 3.22. The smallest absolute Gasteiger partial charge is 0.0937 e. The summed E-state index contributed by atoms with van der Waals surface area (Å²) in [5.41, 5.74) is 7.85. The monoisotopic (exact) mass is 348 g/mol. The second kappa shape index (κ2) is 9.07. The predicted octanol–water partition coefficient (Wildman–Crippen LogP) is 3.71. The molecule has 0 bridgehead atoms. The Bertz CT molecular complexity index is 601. The van der Waals surface area contributed by atoms with Gasteiger partial charge in [-0.05, 0) is 50.2 Å². The minimum atomic E-state index is -0.867. The first-order valence-corrected chi connectivity index (χ1v) is 8.22. The van der Waals surface area contributed by atoms with Crippen LogP contribution in [0.15, 0.2) is 54.6 Å². The Morgan fingerprint density at radius 3 is 2.12 bits per heavy atom. The summed E-state index contributed by atoms with van der Waals surface area (Å²) in [7, 11) is 4.11. The lowest BCUT2D eigenvalue weighted by Gasteiger charge is -2.38. The minimum absolute atomic E-state index is 0. The normalized spacial score (nSPS) is 14.7. The van der Waals surface area contributed by atoms with Crippen LogP contribution < -0.4 is 5.73 Å². The molecule has 0 aliphatic carbocycles. The molecule has 0 heterocycles. The van der Waals surface area contributed by atoms with E-state index >= 15 is 0 Å². The van der Waals surface area contributed by atoms with E-state index in [1.165, 1.54) is 5.56 Å². The van der Waals surface area contributed by atoms with Gasteiger partial charge in [-0.15, -0.1) is 12.4 Å². The van der Waals surface area contributed by atoms with Crippen LogP contribution in [0, 0.1) is 5.92 Å². The zero-order chi connectivity index (χ0) is 16.9. The first-order chi connectivity index (χ1) is 11.0. The van der Waals surface area contributed by atoms with E-state index in [2.05, 4.69) is 43.3 Å². The highest BCUT2D eigenvalue weighted by Crippen LogP contribution is 2.36. The van der Waals surface area contributed by atoms with E-state index < -0.39 is 5.60 Å². The zero-order valence-corrected chi connectivity index (χ0v) is 15.6. The van der Waals surface area contributed by atoms with Crippen molar-refractivity contribution in [3.63, 3.8) is 0 Å². The van der Waals surface area contributed by atoms with Gasteiger partial charge < -0.3 is 15.7 Å². The molecule has 0 saturated heterocycles. The van der Waals surface area contributed by atoms with Crippen LogP contribution in [0.4, 0.5) is 5.69 Å². The molecule has 0 aliphatic heterocycles. The van der Waals surface area contributed by atoms with E-state index in [0.717, 1.165) is 24.2 Å². The SMILES string of the molecule is CCC(O)(c1ccc(N)cc1)C(Cc1ccccc1)CN(C)C.Cl. The van der Waals surface area contributed by atoms with Crippen molar-refractivity contribution in [2.24, 2.45) is 5.92 Å². The standard InChI is InChI=1S/C20H28N2O.ClH/c1-4-20(23,17-10-12-19(21)13-11-17)18(15-22(2)3)14-16-8-6-5-7-9-16;/h5-13,18,23H,4,14-15,21H2,1-3H3;1H. The van der Waals surface area contributed by atoms with Crippen LogP contribution in [-0.4, -0.2) is 30.6 Å². The Balaban J connectivity index is 0.00000288. The molecule has 0 amide bonds. The molecule has 24 heavy (non-hydrogen) atoms. The quantitative estimate of drug-likeness (QED) is 0.750. The Kier molecular flexibility index (Phi) is 7.74. The summed E-state index contributed by atoms with van der Waals surface area (Å²) in [4.78, 5) is 2.14. The molecule has 2 rings (SSSR count). The Hall–Kier alpha value is -1.55. The minimum Gasteiger partial charge on any atom is -0.399 e. The van der Waals surface area contributed by atoms with Crippen LogP contribution in [0.3, 0.4) is 0 Å². The summed E-state index contributed by atoms with van der Waals surface area (Å²) in [5.74, 6) is 0.105. The summed E-state index contributed by atoms with van der Waals surface area (Å²) in [6, 6.07) is 18.0. The second-order valence-electron chi connectivity index (χ2n) is 6.55. The van der Waals surface area contributed by atoms with Crippen LogP contribution in [-0.2, 0) is 12.0 Å². The van der Waals surface area contributed by atoms with E-state index in [4.69, 9.17) is 5.73 Å². The number of nitrogen functional groups attached to an aromatic ring is 1. The highest BCUT2D eigenvalue weighted by atomic mass is 35.5. The van der Waals surface area contributed by atoms with Crippen molar-refractivity contribution >= 4 is 18.1 Å². The zero-order valence-electron chi connectivity index (χ0n) is 14.8. The molecule has 132 valence electrons. The van der Waals surface area contributed by atoms with Gasteiger partial charge in [-0.3, -0.25) is 0 Å². The lowest BCUT2D eigenvalue weighted by Crippen LogP contribution is -2.41.